The number of hydrogen-bond donors (Lipinski definition) is 2. The van der Waals surface area contributed by atoms with E-state index in [4.69, 9.17) is 14.1 Å². The average molecular weight is 132 g/mol. The fraction of sp³-hybridized carbons (Fsp3) is 0. The van der Waals surface area contributed by atoms with Gasteiger partial charge in [0.1, 0.15) is 0 Å². The first-order valence-corrected chi connectivity index (χ1v) is 1.95. The van der Waals surface area contributed by atoms with Crippen molar-refractivity contribution < 1.29 is 30.5 Å². The van der Waals surface area contributed by atoms with Gasteiger partial charge in [0.05, 0.1) is 0 Å². The lowest BCUT2D eigenvalue weighted by Gasteiger charge is -1.55. The molecule has 0 rings (SSSR count). The van der Waals surface area contributed by atoms with Gasteiger partial charge in [-0.3, -0.25) is 4.46 Å². The highest BCUT2D eigenvalue weighted by Crippen LogP contribution is 1.27. The molecule has 48 valence electrons. The fourth-order valence-corrected chi connectivity index (χ4v) is 0. The summed E-state index contributed by atoms with van der Waals surface area (Å²) in [7, 11) is -3.13. The van der Waals surface area contributed by atoms with E-state index in [2.05, 4.69) is 0 Å². The van der Waals surface area contributed by atoms with Crippen LogP contribution in [0.4, 0.5) is 0 Å². The van der Waals surface area contributed by atoms with Crippen LogP contribution >= 0.6 is 0 Å². The topological polar surface area (TPSA) is 152 Å². The van der Waals surface area contributed by atoms with Gasteiger partial charge in [-0.1, -0.05) is 0 Å². The molecule has 0 saturated carbocycles. The van der Waals surface area contributed by atoms with Crippen LogP contribution in [-0.2, 0) is 4.46 Å². The Bertz CT molecular complexity index is 27.2. The Morgan fingerprint density at radius 1 is 1.00 bits per heavy atom. The van der Waals surface area contributed by atoms with Crippen molar-refractivity contribution in [1.82, 2.24) is 0 Å². The summed E-state index contributed by atoms with van der Waals surface area (Å²) in [6, 6.07) is 0. The molecule has 0 heterocycles. The normalized spacial score (nSPS) is 3.43. The minimum Gasteiger partial charge on any atom is -0.511 e. The zero-order valence-electron chi connectivity index (χ0n) is 3.30. The van der Waals surface area contributed by atoms with Crippen molar-refractivity contribution in [3.05, 3.63) is 0 Å². The second-order valence-electron chi connectivity index (χ2n) is 0.283. The summed E-state index contributed by atoms with van der Waals surface area (Å²) < 4.78 is 8.74. The van der Waals surface area contributed by atoms with Gasteiger partial charge >= 0.3 is 9.17 Å². The highest BCUT2D eigenvalue weighted by molar-refractivity contribution is 6.22. The summed E-state index contributed by atoms with van der Waals surface area (Å²) in [5.41, 5.74) is 0. The molecule has 7 heteroatoms. The molecule has 0 aliphatic heterocycles. The Hall–Kier alpha value is -0.503. The second kappa shape index (κ2) is 17.8. The van der Waals surface area contributed by atoms with E-state index in [0.29, 0.717) is 0 Å². The molecule has 0 aromatic carbocycles. The quantitative estimate of drug-likeness (QED) is 0.322. The molecule has 0 aliphatic carbocycles. The molecule has 8 N–H and O–H groups in total. The lowest BCUT2D eigenvalue weighted by atomic mass is 15.8. The molecule has 6 nitrogen and oxygen atoms in total. The molecule has 0 bridgehead atoms. The predicted octanol–water partition coefficient (Wildman–Crippen LogP) is -4.09. The van der Waals surface area contributed by atoms with Crippen LogP contribution < -0.4 is 0 Å². The van der Waals surface area contributed by atoms with Gasteiger partial charge in [-0.2, -0.15) is 0 Å². The van der Waals surface area contributed by atoms with Crippen LogP contribution in [0.15, 0.2) is 0 Å². The molecule has 0 radical (unpaired) electrons. The van der Waals surface area contributed by atoms with Crippen LogP contribution in [-0.4, -0.2) is 35.2 Å². The van der Waals surface area contributed by atoms with E-state index in [1.165, 1.54) is 0 Å². The van der Waals surface area contributed by atoms with E-state index >= 15 is 0 Å². The molecular formula is H8O6Si. The van der Waals surface area contributed by atoms with Gasteiger partial charge < -0.3 is 26.0 Å². The standard InChI is InChI=1S/H2O3Si.3H2O/c1-4(2)3;;;/h1-2H;3*1H2. The fourth-order valence-electron chi connectivity index (χ4n) is 0. The Morgan fingerprint density at radius 3 is 1.00 bits per heavy atom. The average Bonchev–Trinajstić information content (AvgIpc) is 0.811. The Morgan fingerprint density at radius 2 is 1.00 bits per heavy atom. The Labute approximate surface area is 40.9 Å². The predicted molar refractivity (Wildman–Crippen MR) is 21.7 cm³/mol. The van der Waals surface area contributed by atoms with Crippen molar-refractivity contribution in [2.24, 2.45) is 0 Å². The molecule has 0 atom stereocenters. The first-order valence-electron chi connectivity index (χ1n) is 0.651. The van der Waals surface area contributed by atoms with Crippen LogP contribution in [0.25, 0.3) is 0 Å². The van der Waals surface area contributed by atoms with Gasteiger partial charge in [0, 0.05) is 0 Å². The number of rotatable bonds is 0. The third-order valence-corrected chi connectivity index (χ3v) is 0. The van der Waals surface area contributed by atoms with Crippen LogP contribution in [0.2, 0.25) is 0 Å². The summed E-state index contributed by atoms with van der Waals surface area (Å²) in [6.07, 6.45) is 0. The van der Waals surface area contributed by atoms with E-state index in [1.54, 1.807) is 0 Å². The van der Waals surface area contributed by atoms with Crippen LogP contribution in [0, 0.1) is 0 Å². The minimum atomic E-state index is -3.13. The van der Waals surface area contributed by atoms with Crippen LogP contribution in [0.3, 0.4) is 0 Å². The molecule has 0 aromatic heterocycles. The molecule has 0 unspecified atom stereocenters. The third kappa shape index (κ3) is 266. The lowest BCUT2D eigenvalue weighted by Crippen LogP contribution is -1.90. The molecular weight excluding hydrogens is 124 g/mol. The molecule has 0 fully saturated rings. The summed E-state index contributed by atoms with van der Waals surface area (Å²) in [5, 5.41) is 0. The van der Waals surface area contributed by atoms with Crippen molar-refractivity contribution >= 4 is 9.17 Å². The van der Waals surface area contributed by atoms with E-state index in [9.17, 15) is 0 Å². The summed E-state index contributed by atoms with van der Waals surface area (Å²) >= 11 is 0. The van der Waals surface area contributed by atoms with Gasteiger partial charge in [-0.15, -0.1) is 0 Å². The van der Waals surface area contributed by atoms with Crippen molar-refractivity contribution in [2.75, 3.05) is 0 Å². The number of hydrogen-bond acceptors (Lipinski definition) is 1. The Balaban J connectivity index is -0.0000000150. The molecule has 0 aromatic rings. The van der Waals surface area contributed by atoms with Gasteiger partial charge in [0.2, 0.25) is 0 Å². The zero-order valence-corrected chi connectivity index (χ0v) is 4.30. The van der Waals surface area contributed by atoms with Gasteiger partial charge in [-0.25, -0.2) is 0 Å². The first kappa shape index (κ1) is 31.5. The maximum Gasteiger partial charge on any atom is 0.761 e. The monoisotopic (exact) mass is 132 g/mol. The lowest BCUT2D eigenvalue weighted by molar-refractivity contribution is 0.330. The minimum absolute atomic E-state index is 0. The van der Waals surface area contributed by atoms with Gasteiger partial charge in [0.15, 0.2) is 0 Å². The van der Waals surface area contributed by atoms with Crippen molar-refractivity contribution in [3.8, 4) is 0 Å². The molecule has 0 aliphatic rings. The van der Waals surface area contributed by atoms with Gasteiger partial charge in [-0.05, 0) is 0 Å². The maximum absolute atomic E-state index is 8.74. The highest BCUT2D eigenvalue weighted by atomic mass is 28.3. The van der Waals surface area contributed by atoms with Crippen molar-refractivity contribution in [2.45, 2.75) is 0 Å². The second-order valence-corrected chi connectivity index (χ2v) is 0.848. The third-order valence-electron chi connectivity index (χ3n) is 0. The molecule has 0 saturated heterocycles. The SMILES string of the molecule is O.O.O.O=[Si](O)O. The van der Waals surface area contributed by atoms with Crippen LogP contribution in [0.1, 0.15) is 0 Å². The summed E-state index contributed by atoms with van der Waals surface area (Å²) in [4.78, 5) is 14.3. The van der Waals surface area contributed by atoms with E-state index < -0.39 is 9.17 Å². The Kier molecular flexibility index (Phi) is 80.2. The van der Waals surface area contributed by atoms with Gasteiger partial charge in [0.25, 0.3) is 0 Å². The molecule has 0 amide bonds. The van der Waals surface area contributed by atoms with E-state index in [-0.39, 0.29) is 16.4 Å². The van der Waals surface area contributed by atoms with Crippen molar-refractivity contribution in [3.63, 3.8) is 0 Å². The van der Waals surface area contributed by atoms with E-state index in [0.717, 1.165) is 0 Å². The molecule has 7 heavy (non-hydrogen) atoms. The largest absolute Gasteiger partial charge is 0.761 e. The summed E-state index contributed by atoms with van der Waals surface area (Å²) in [5.74, 6) is 0. The first-order chi connectivity index (χ1) is 1.73. The summed E-state index contributed by atoms with van der Waals surface area (Å²) in [6.45, 7) is 0. The smallest absolute Gasteiger partial charge is 0.511 e. The molecule has 0 spiro atoms. The van der Waals surface area contributed by atoms with Crippen molar-refractivity contribution in [1.29, 1.82) is 0 Å². The van der Waals surface area contributed by atoms with E-state index in [1.807, 2.05) is 0 Å². The van der Waals surface area contributed by atoms with Crippen LogP contribution in [0.5, 0.6) is 0 Å². The highest BCUT2D eigenvalue weighted by Gasteiger charge is 1.85. The maximum atomic E-state index is 8.74. The zero-order chi connectivity index (χ0) is 3.58.